The smallest absolute Gasteiger partial charge is 0.265 e. The molecule has 0 heterocycles. The maximum Gasteiger partial charge on any atom is 0.265 e. The van der Waals surface area contributed by atoms with Crippen molar-refractivity contribution < 1.29 is 27.1 Å². The van der Waals surface area contributed by atoms with Crippen LogP contribution in [0, 0.1) is 5.82 Å². The van der Waals surface area contributed by atoms with E-state index in [1.165, 1.54) is 50.6 Å². The molecule has 3 aromatic carbocycles. The molecule has 0 saturated heterocycles. The van der Waals surface area contributed by atoms with Crippen molar-refractivity contribution in [2.75, 3.05) is 24.3 Å². The predicted octanol–water partition coefficient (Wildman–Crippen LogP) is 3.90. The Bertz CT molecular complexity index is 1160. The topological polar surface area (TPSA) is 93.7 Å². The lowest BCUT2D eigenvalue weighted by Crippen LogP contribution is -2.16. The molecule has 0 bridgehead atoms. The van der Waals surface area contributed by atoms with Gasteiger partial charge in [0.05, 0.1) is 14.2 Å². The van der Waals surface area contributed by atoms with E-state index in [1.54, 1.807) is 24.3 Å². The molecule has 0 fully saturated rings. The molecule has 2 N–H and O–H groups in total. The average Bonchev–Trinajstić information content (AvgIpc) is 2.74. The van der Waals surface area contributed by atoms with E-state index < -0.39 is 21.7 Å². The summed E-state index contributed by atoms with van der Waals surface area (Å²) in [5.74, 6) is -0.451. The van der Waals surface area contributed by atoms with Crippen molar-refractivity contribution in [3.63, 3.8) is 0 Å². The molecule has 30 heavy (non-hydrogen) atoms. The Morgan fingerprint density at radius 2 is 1.60 bits per heavy atom. The number of hydrogen-bond acceptors (Lipinski definition) is 5. The van der Waals surface area contributed by atoms with Gasteiger partial charge in [0.2, 0.25) is 0 Å². The van der Waals surface area contributed by atoms with E-state index in [9.17, 15) is 17.6 Å². The Kier molecular flexibility index (Phi) is 6.22. The number of benzene rings is 3. The summed E-state index contributed by atoms with van der Waals surface area (Å²) in [7, 11) is -1.18. The normalized spacial score (nSPS) is 10.9. The number of ether oxygens (including phenoxy) is 2. The second-order valence-electron chi connectivity index (χ2n) is 6.16. The number of carbonyl (C=O) groups is 1. The fourth-order valence-corrected chi connectivity index (χ4v) is 3.92. The molecule has 0 unspecified atom stereocenters. The molecule has 0 aliphatic carbocycles. The summed E-state index contributed by atoms with van der Waals surface area (Å²) >= 11 is 0. The Hall–Kier alpha value is -3.59. The second-order valence-corrected chi connectivity index (χ2v) is 7.81. The number of rotatable bonds is 7. The first-order chi connectivity index (χ1) is 14.3. The number of amides is 1. The number of carbonyl (C=O) groups excluding carboxylic acids is 1. The zero-order valence-corrected chi connectivity index (χ0v) is 17.0. The minimum atomic E-state index is -4.03. The lowest BCUT2D eigenvalue weighted by atomic mass is 10.2. The summed E-state index contributed by atoms with van der Waals surface area (Å²) in [5.41, 5.74) is 0.638. The van der Waals surface area contributed by atoms with Gasteiger partial charge in [-0.05, 0) is 60.7 Å². The minimum absolute atomic E-state index is 0.0970. The first kappa shape index (κ1) is 21.1. The largest absolute Gasteiger partial charge is 0.497 e. The first-order valence-electron chi connectivity index (χ1n) is 8.74. The van der Waals surface area contributed by atoms with Crippen LogP contribution in [0.25, 0.3) is 0 Å². The number of halogens is 1. The van der Waals surface area contributed by atoms with E-state index in [1.807, 2.05) is 0 Å². The molecule has 9 heteroatoms. The third kappa shape index (κ3) is 4.87. The van der Waals surface area contributed by atoms with Crippen LogP contribution in [0.15, 0.2) is 71.6 Å². The fourth-order valence-electron chi connectivity index (χ4n) is 2.67. The SMILES string of the molecule is COc1ccc(NS(=O)(=O)c2cc(NC(=O)c3cccc(F)c3)ccc2OC)cc1. The number of methoxy groups -OCH3 is 2. The van der Waals surface area contributed by atoms with E-state index in [4.69, 9.17) is 9.47 Å². The third-order valence-electron chi connectivity index (χ3n) is 4.14. The van der Waals surface area contributed by atoms with Crippen molar-refractivity contribution in [1.82, 2.24) is 0 Å². The van der Waals surface area contributed by atoms with Crippen molar-refractivity contribution >= 4 is 27.3 Å². The lowest BCUT2D eigenvalue weighted by molar-refractivity contribution is 0.102. The molecule has 0 saturated carbocycles. The van der Waals surface area contributed by atoms with Gasteiger partial charge in [0.1, 0.15) is 22.2 Å². The molecule has 3 rings (SSSR count). The van der Waals surface area contributed by atoms with Crippen molar-refractivity contribution in [3.8, 4) is 11.5 Å². The van der Waals surface area contributed by atoms with Crippen LogP contribution in [0.2, 0.25) is 0 Å². The second kappa shape index (κ2) is 8.83. The van der Waals surface area contributed by atoms with Crippen LogP contribution in [-0.4, -0.2) is 28.5 Å². The predicted molar refractivity (Wildman–Crippen MR) is 111 cm³/mol. The summed E-state index contributed by atoms with van der Waals surface area (Å²) in [6, 6.07) is 15.7. The molecule has 3 aromatic rings. The number of nitrogens with one attached hydrogen (secondary N) is 2. The van der Waals surface area contributed by atoms with E-state index in [0.717, 1.165) is 6.07 Å². The Balaban J connectivity index is 1.88. The molecular weight excluding hydrogens is 411 g/mol. The highest BCUT2D eigenvalue weighted by Crippen LogP contribution is 2.29. The van der Waals surface area contributed by atoms with E-state index >= 15 is 0 Å². The highest BCUT2D eigenvalue weighted by Gasteiger charge is 2.21. The van der Waals surface area contributed by atoms with Crippen LogP contribution in [0.4, 0.5) is 15.8 Å². The van der Waals surface area contributed by atoms with Crippen molar-refractivity contribution in [3.05, 3.63) is 78.1 Å². The van der Waals surface area contributed by atoms with Gasteiger partial charge in [-0.3, -0.25) is 9.52 Å². The molecule has 0 aliphatic heterocycles. The quantitative estimate of drug-likeness (QED) is 0.593. The molecule has 0 spiro atoms. The van der Waals surface area contributed by atoms with Gasteiger partial charge in [-0.25, -0.2) is 12.8 Å². The molecule has 1 amide bonds. The van der Waals surface area contributed by atoms with E-state index in [0.29, 0.717) is 11.4 Å². The van der Waals surface area contributed by atoms with Crippen molar-refractivity contribution in [2.45, 2.75) is 4.90 Å². The van der Waals surface area contributed by atoms with Crippen LogP contribution >= 0.6 is 0 Å². The standard InChI is InChI=1S/C21H19FN2O5S/c1-28-18-9-6-16(7-10-18)24-30(26,27)20-13-17(8-11-19(20)29-2)23-21(25)14-4-3-5-15(22)12-14/h3-13,24H,1-2H3,(H,23,25). The Morgan fingerprint density at radius 3 is 2.23 bits per heavy atom. The minimum Gasteiger partial charge on any atom is -0.497 e. The highest BCUT2D eigenvalue weighted by atomic mass is 32.2. The van der Waals surface area contributed by atoms with Crippen molar-refractivity contribution in [1.29, 1.82) is 0 Å². The summed E-state index contributed by atoms with van der Waals surface area (Å²) in [6.07, 6.45) is 0. The summed E-state index contributed by atoms with van der Waals surface area (Å²) < 4.78 is 51.8. The molecule has 156 valence electrons. The lowest BCUT2D eigenvalue weighted by Gasteiger charge is -2.14. The monoisotopic (exact) mass is 430 g/mol. The van der Waals surface area contributed by atoms with Gasteiger partial charge < -0.3 is 14.8 Å². The maximum atomic E-state index is 13.3. The van der Waals surface area contributed by atoms with Crippen molar-refractivity contribution in [2.24, 2.45) is 0 Å². The van der Waals surface area contributed by atoms with E-state index in [-0.39, 0.29) is 21.9 Å². The number of anilines is 2. The van der Waals surface area contributed by atoms with Crippen LogP contribution in [0.1, 0.15) is 10.4 Å². The average molecular weight is 430 g/mol. The Morgan fingerprint density at radius 1 is 0.900 bits per heavy atom. The van der Waals surface area contributed by atoms with Gasteiger partial charge in [0, 0.05) is 16.9 Å². The number of hydrogen-bond donors (Lipinski definition) is 2. The summed E-state index contributed by atoms with van der Waals surface area (Å²) in [4.78, 5) is 12.2. The van der Waals surface area contributed by atoms with Crippen LogP contribution in [-0.2, 0) is 10.0 Å². The van der Waals surface area contributed by atoms with E-state index in [2.05, 4.69) is 10.0 Å². The summed E-state index contributed by atoms with van der Waals surface area (Å²) in [5, 5.41) is 2.56. The van der Waals surface area contributed by atoms with Gasteiger partial charge in [-0.15, -0.1) is 0 Å². The maximum absolute atomic E-state index is 13.3. The molecular formula is C21H19FN2O5S. The third-order valence-corrected chi connectivity index (χ3v) is 5.54. The van der Waals surface area contributed by atoms with Crippen LogP contribution in [0.5, 0.6) is 11.5 Å². The van der Waals surface area contributed by atoms with Gasteiger partial charge in [-0.2, -0.15) is 0 Å². The number of sulfonamides is 1. The molecule has 0 atom stereocenters. The van der Waals surface area contributed by atoms with Gasteiger partial charge >= 0.3 is 0 Å². The Labute approximate surface area is 173 Å². The van der Waals surface area contributed by atoms with Gasteiger partial charge in [0.15, 0.2) is 0 Å². The van der Waals surface area contributed by atoms with Crippen LogP contribution in [0.3, 0.4) is 0 Å². The zero-order valence-electron chi connectivity index (χ0n) is 16.2. The highest BCUT2D eigenvalue weighted by molar-refractivity contribution is 7.92. The molecule has 7 nitrogen and oxygen atoms in total. The fraction of sp³-hybridized carbons (Fsp3) is 0.0952. The summed E-state index contributed by atoms with van der Waals surface area (Å²) in [6.45, 7) is 0. The van der Waals surface area contributed by atoms with Crippen LogP contribution < -0.4 is 19.5 Å². The molecule has 0 radical (unpaired) electrons. The molecule has 0 aliphatic rings. The zero-order chi connectivity index (χ0) is 21.7. The van der Waals surface area contributed by atoms with Gasteiger partial charge in [0.25, 0.3) is 15.9 Å². The first-order valence-corrected chi connectivity index (χ1v) is 10.2. The van der Waals surface area contributed by atoms with Gasteiger partial charge in [-0.1, -0.05) is 6.07 Å². The molecule has 0 aromatic heterocycles.